The van der Waals surface area contributed by atoms with Crippen molar-refractivity contribution in [2.45, 2.75) is 123 Å². The van der Waals surface area contributed by atoms with Crippen molar-refractivity contribution in [3.63, 3.8) is 0 Å². The van der Waals surface area contributed by atoms with Crippen LogP contribution < -0.4 is 0 Å². The molecule has 2 heteroatoms. The number of hydrogen-bond donors (Lipinski definition) is 0. The topological polar surface area (TPSA) is 34.7 Å². The van der Waals surface area contributed by atoms with Crippen LogP contribution in [0, 0.1) is 0 Å². The van der Waals surface area contributed by atoms with Gasteiger partial charge in [0.2, 0.25) is 0 Å². The summed E-state index contributed by atoms with van der Waals surface area (Å²) in [6, 6.07) is 10.9. The smallest absolute Gasteiger partial charge is 0.00187 e. The van der Waals surface area contributed by atoms with Crippen LogP contribution >= 0.6 is 0 Å². The molecule has 2 N–H and O–H groups in total. The van der Waals surface area contributed by atoms with E-state index < -0.39 is 0 Å². The van der Waals surface area contributed by atoms with Gasteiger partial charge in [0, 0.05) is 0 Å². The van der Waals surface area contributed by atoms with Crippen molar-refractivity contribution < 1.29 is 5.48 Å². The van der Waals surface area contributed by atoms with Crippen LogP contribution in [0.25, 0.3) is 0 Å². The molecule has 0 fully saturated rings. The van der Waals surface area contributed by atoms with E-state index in [4.69, 9.17) is 0 Å². The molecule has 0 unspecified atom stereocenters. The predicted molar refractivity (Wildman–Crippen MR) is 135 cm³/mol. The Kier molecular flexibility index (Phi) is 22.2. The van der Waals surface area contributed by atoms with E-state index in [-0.39, 0.29) is 5.48 Å². The summed E-state index contributed by atoms with van der Waals surface area (Å²) in [4.78, 5) is 2.66. The maximum atomic E-state index is 2.66. The monoisotopic (exact) mass is 419 g/mol. The van der Waals surface area contributed by atoms with Crippen LogP contribution in [-0.2, 0) is 6.42 Å². The second kappa shape index (κ2) is 22.8. The highest BCUT2D eigenvalue weighted by atomic mass is 16.0. The Hall–Kier alpha value is -0.860. The molecule has 0 aliphatic heterocycles. The van der Waals surface area contributed by atoms with Crippen LogP contribution in [0.1, 0.15) is 122 Å². The van der Waals surface area contributed by atoms with Crippen molar-refractivity contribution in [3.8, 4) is 0 Å². The number of aryl methyl sites for hydroxylation is 1. The molecular formula is C28H53NO. The molecule has 0 aromatic heterocycles. The minimum absolute atomic E-state index is 0. The summed E-state index contributed by atoms with van der Waals surface area (Å²) in [5.41, 5.74) is 1.50. The highest BCUT2D eigenvalue weighted by Crippen LogP contribution is 2.14. The third-order valence-corrected chi connectivity index (χ3v) is 6.11. The van der Waals surface area contributed by atoms with Gasteiger partial charge >= 0.3 is 0 Å². The number of benzene rings is 1. The van der Waals surface area contributed by atoms with Gasteiger partial charge in [-0.2, -0.15) is 0 Å². The Balaban J connectivity index is 0.00000841. The van der Waals surface area contributed by atoms with Crippen LogP contribution in [0.5, 0.6) is 0 Å². The predicted octanol–water partition coefficient (Wildman–Crippen LogP) is 7.99. The van der Waals surface area contributed by atoms with Crippen molar-refractivity contribution in [1.82, 2.24) is 4.90 Å². The number of rotatable bonds is 21. The first-order valence-corrected chi connectivity index (χ1v) is 13.1. The SMILES string of the molecule is CCCN(CCC)CCCCCCCCCCCCCCCCc1ccccc1.O. The number of hydrogen-bond acceptors (Lipinski definition) is 1. The lowest BCUT2D eigenvalue weighted by Crippen LogP contribution is -2.26. The first-order chi connectivity index (χ1) is 14.4. The van der Waals surface area contributed by atoms with E-state index in [2.05, 4.69) is 49.1 Å². The van der Waals surface area contributed by atoms with Gasteiger partial charge in [-0.25, -0.2) is 0 Å². The molecule has 176 valence electrons. The van der Waals surface area contributed by atoms with Gasteiger partial charge in [-0.1, -0.05) is 121 Å². The standard InChI is InChI=1S/C28H51N.H2O/c1-3-25-29(26-4-2)27-21-16-14-12-10-8-6-5-7-9-11-13-15-18-22-28-23-19-17-20-24-28;/h17,19-20,23-24H,3-16,18,21-22,25-27H2,1-2H3;1H2. The van der Waals surface area contributed by atoms with Crippen LogP contribution in [0.4, 0.5) is 0 Å². The quantitative estimate of drug-likeness (QED) is 0.186. The fourth-order valence-corrected chi connectivity index (χ4v) is 4.40. The Labute approximate surface area is 189 Å². The molecule has 1 rings (SSSR count). The molecule has 0 spiro atoms. The maximum Gasteiger partial charge on any atom is -0.00187 e. The van der Waals surface area contributed by atoms with E-state index >= 15 is 0 Å². The third kappa shape index (κ3) is 18.0. The molecule has 0 saturated heterocycles. The summed E-state index contributed by atoms with van der Waals surface area (Å²) in [5, 5.41) is 0. The molecule has 0 aliphatic rings. The molecule has 30 heavy (non-hydrogen) atoms. The van der Waals surface area contributed by atoms with Gasteiger partial charge in [0.1, 0.15) is 0 Å². The van der Waals surface area contributed by atoms with Gasteiger partial charge in [-0.3, -0.25) is 0 Å². The van der Waals surface area contributed by atoms with E-state index in [9.17, 15) is 0 Å². The van der Waals surface area contributed by atoms with Crippen LogP contribution in [-0.4, -0.2) is 30.0 Å². The second-order valence-corrected chi connectivity index (χ2v) is 9.03. The van der Waals surface area contributed by atoms with Crippen molar-refractivity contribution in [2.24, 2.45) is 0 Å². The molecule has 1 aromatic carbocycles. The second-order valence-electron chi connectivity index (χ2n) is 9.03. The molecule has 0 bridgehead atoms. The molecule has 0 atom stereocenters. The molecular weight excluding hydrogens is 366 g/mol. The van der Waals surface area contributed by atoms with Gasteiger partial charge < -0.3 is 10.4 Å². The van der Waals surface area contributed by atoms with Crippen LogP contribution in [0.3, 0.4) is 0 Å². The Morgan fingerprint density at radius 2 is 0.900 bits per heavy atom. The third-order valence-electron chi connectivity index (χ3n) is 6.11. The molecule has 2 nitrogen and oxygen atoms in total. The largest absolute Gasteiger partial charge is 0.412 e. The molecule has 0 heterocycles. The summed E-state index contributed by atoms with van der Waals surface area (Å²) in [6.07, 6.45) is 24.0. The van der Waals surface area contributed by atoms with Crippen LogP contribution in [0.2, 0.25) is 0 Å². The van der Waals surface area contributed by atoms with Gasteiger partial charge in [0.25, 0.3) is 0 Å². The molecule has 0 saturated carbocycles. The summed E-state index contributed by atoms with van der Waals surface area (Å²) in [7, 11) is 0. The fraction of sp³-hybridized carbons (Fsp3) is 0.786. The van der Waals surface area contributed by atoms with Crippen molar-refractivity contribution in [1.29, 1.82) is 0 Å². The van der Waals surface area contributed by atoms with Gasteiger partial charge in [0.05, 0.1) is 0 Å². The fourth-order valence-electron chi connectivity index (χ4n) is 4.40. The van der Waals surface area contributed by atoms with Crippen LogP contribution in [0.15, 0.2) is 30.3 Å². The zero-order chi connectivity index (χ0) is 20.8. The first kappa shape index (κ1) is 29.1. The average molecular weight is 420 g/mol. The van der Waals surface area contributed by atoms with Crippen molar-refractivity contribution >= 4 is 0 Å². The minimum Gasteiger partial charge on any atom is -0.412 e. The Morgan fingerprint density at radius 1 is 0.500 bits per heavy atom. The molecule has 0 aliphatic carbocycles. The normalized spacial score (nSPS) is 11.0. The van der Waals surface area contributed by atoms with Gasteiger partial charge in [-0.05, 0) is 57.3 Å². The summed E-state index contributed by atoms with van der Waals surface area (Å²) < 4.78 is 0. The zero-order valence-electron chi connectivity index (χ0n) is 20.5. The summed E-state index contributed by atoms with van der Waals surface area (Å²) in [6.45, 7) is 8.52. The van der Waals surface area contributed by atoms with E-state index in [1.54, 1.807) is 0 Å². The van der Waals surface area contributed by atoms with E-state index in [1.165, 1.54) is 134 Å². The summed E-state index contributed by atoms with van der Waals surface area (Å²) in [5.74, 6) is 0. The average Bonchev–Trinajstić information content (AvgIpc) is 2.74. The maximum absolute atomic E-state index is 2.66. The van der Waals surface area contributed by atoms with Gasteiger partial charge in [-0.15, -0.1) is 0 Å². The lowest BCUT2D eigenvalue weighted by molar-refractivity contribution is 0.267. The molecule has 1 aromatic rings. The van der Waals surface area contributed by atoms with Crippen molar-refractivity contribution in [3.05, 3.63) is 35.9 Å². The van der Waals surface area contributed by atoms with Gasteiger partial charge in [0.15, 0.2) is 0 Å². The summed E-state index contributed by atoms with van der Waals surface area (Å²) >= 11 is 0. The Morgan fingerprint density at radius 3 is 1.33 bits per heavy atom. The molecule has 0 amide bonds. The van der Waals surface area contributed by atoms with Crippen molar-refractivity contribution in [2.75, 3.05) is 19.6 Å². The van der Waals surface area contributed by atoms with E-state index in [0.717, 1.165) is 0 Å². The highest BCUT2D eigenvalue weighted by Gasteiger charge is 2.01. The first-order valence-electron chi connectivity index (χ1n) is 13.1. The molecule has 0 radical (unpaired) electrons. The Bertz CT molecular complexity index is 428. The van der Waals surface area contributed by atoms with E-state index in [0.29, 0.717) is 0 Å². The zero-order valence-corrected chi connectivity index (χ0v) is 20.5. The number of unbranched alkanes of at least 4 members (excludes halogenated alkanes) is 13. The lowest BCUT2D eigenvalue weighted by Gasteiger charge is -2.20. The lowest BCUT2D eigenvalue weighted by atomic mass is 10.0. The number of nitrogens with zero attached hydrogens (tertiary/aromatic N) is 1. The minimum atomic E-state index is 0. The highest BCUT2D eigenvalue weighted by molar-refractivity contribution is 5.14. The van der Waals surface area contributed by atoms with E-state index in [1.807, 2.05) is 0 Å².